The van der Waals surface area contributed by atoms with E-state index in [1.807, 2.05) is 13.0 Å². The predicted octanol–water partition coefficient (Wildman–Crippen LogP) is 1.18. The largest absolute Gasteiger partial charge is 0.334 e. The first kappa shape index (κ1) is 9.68. The van der Waals surface area contributed by atoms with E-state index >= 15 is 0 Å². The highest BCUT2D eigenvalue weighted by Crippen LogP contribution is 2.03. The van der Waals surface area contributed by atoms with Crippen LogP contribution in [0.5, 0.6) is 0 Å². The number of nitrogens with zero attached hydrogens (tertiary/aromatic N) is 2. The van der Waals surface area contributed by atoms with E-state index in [-0.39, 0.29) is 5.91 Å². The molecule has 0 bridgehead atoms. The van der Waals surface area contributed by atoms with Gasteiger partial charge in [-0.1, -0.05) is 6.92 Å². The molecular weight excluding hydrogens is 186 g/mol. The molecule has 0 spiro atoms. The van der Waals surface area contributed by atoms with Crippen LogP contribution in [0.3, 0.4) is 0 Å². The Morgan fingerprint density at radius 2 is 2.69 bits per heavy atom. The molecule has 1 aromatic rings. The second-order valence-electron chi connectivity index (χ2n) is 2.40. The molecule has 1 N–H and O–H groups in total. The first-order chi connectivity index (χ1) is 6.27. The Balaban J connectivity index is 2.57. The number of aromatic nitrogens is 1. The van der Waals surface area contributed by atoms with Gasteiger partial charge in [0.05, 0.1) is 6.07 Å². The van der Waals surface area contributed by atoms with Crippen molar-refractivity contribution in [2.75, 3.05) is 0 Å². The van der Waals surface area contributed by atoms with Crippen molar-refractivity contribution < 1.29 is 4.79 Å². The highest BCUT2D eigenvalue weighted by atomic mass is 32.1. The van der Waals surface area contributed by atoms with Crippen LogP contribution in [0.4, 0.5) is 0 Å². The highest BCUT2D eigenvalue weighted by molar-refractivity contribution is 7.11. The van der Waals surface area contributed by atoms with Gasteiger partial charge < -0.3 is 5.32 Å². The van der Waals surface area contributed by atoms with Gasteiger partial charge in [0.1, 0.15) is 6.04 Å². The van der Waals surface area contributed by atoms with Gasteiger partial charge in [-0.05, 0) is 6.42 Å². The number of amides is 1. The molecule has 5 heteroatoms. The molecule has 1 unspecified atom stereocenters. The number of carbonyl (C=O) groups is 1. The summed E-state index contributed by atoms with van der Waals surface area (Å²) >= 11 is 1.26. The Bertz CT molecular complexity index is 315. The van der Waals surface area contributed by atoms with Gasteiger partial charge in [0, 0.05) is 11.6 Å². The smallest absolute Gasteiger partial charge is 0.281 e. The number of nitrogens with one attached hydrogen (secondary N) is 1. The highest BCUT2D eigenvalue weighted by Gasteiger charge is 2.12. The second-order valence-corrected chi connectivity index (χ2v) is 3.30. The number of rotatable bonds is 3. The lowest BCUT2D eigenvalue weighted by Gasteiger charge is -2.06. The van der Waals surface area contributed by atoms with Gasteiger partial charge in [0.2, 0.25) is 0 Å². The van der Waals surface area contributed by atoms with Crippen molar-refractivity contribution in [2.45, 2.75) is 19.4 Å². The Labute approximate surface area is 80.2 Å². The van der Waals surface area contributed by atoms with Crippen molar-refractivity contribution in [2.24, 2.45) is 0 Å². The number of nitriles is 1. The molecule has 0 saturated heterocycles. The fourth-order valence-electron chi connectivity index (χ4n) is 0.781. The standard InChI is InChI=1S/C8H9N3OS/c1-2-6(5-9)11-7(12)8-10-3-4-13-8/h3-4,6H,2H2,1H3,(H,11,12). The summed E-state index contributed by atoms with van der Waals surface area (Å²) in [5.41, 5.74) is 0. The van der Waals surface area contributed by atoms with Gasteiger partial charge >= 0.3 is 0 Å². The molecule has 0 saturated carbocycles. The summed E-state index contributed by atoms with van der Waals surface area (Å²) in [7, 11) is 0. The van der Waals surface area contributed by atoms with Crippen molar-refractivity contribution in [3.63, 3.8) is 0 Å². The van der Waals surface area contributed by atoms with Gasteiger partial charge in [-0.3, -0.25) is 4.79 Å². The number of hydrogen-bond donors (Lipinski definition) is 1. The van der Waals surface area contributed by atoms with Crippen LogP contribution >= 0.6 is 11.3 Å². The Morgan fingerprint density at radius 3 is 3.15 bits per heavy atom. The van der Waals surface area contributed by atoms with Gasteiger partial charge in [0.15, 0.2) is 5.01 Å². The summed E-state index contributed by atoms with van der Waals surface area (Å²) in [6, 6.07) is 1.57. The number of thiazole rings is 1. The van der Waals surface area contributed by atoms with Crippen LogP contribution in [0.1, 0.15) is 23.1 Å². The molecular formula is C8H9N3OS. The maximum atomic E-state index is 11.3. The van der Waals surface area contributed by atoms with Crippen LogP contribution in [0.2, 0.25) is 0 Å². The molecule has 1 amide bonds. The average molecular weight is 195 g/mol. The zero-order valence-corrected chi connectivity index (χ0v) is 7.97. The van der Waals surface area contributed by atoms with Crippen LogP contribution in [-0.4, -0.2) is 16.9 Å². The maximum absolute atomic E-state index is 11.3. The van der Waals surface area contributed by atoms with Crippen molar-refractivity contribution in [1.82, 2.24) is 10.3 Å². The maximum Gasteiger partial charge on any atom is 0.281 e. The first-order valence-corrected chi connectivity index (χ1v) is 4.76. The lowest BCUT2D eigenvalue weighted by molar-refractivity contribution is 0.0944. The van der Waals surface area contributed by atoms with Gasteiger partial charge in [-0.25, -0.2) is 4.98 Å². The minimum atomic E-state index is -0.420. The third-order valence-corrected chi connectivity index (χ3v) is 2.27. The normalized spacial score (nSPS) is 11.7. The third-order valence-electron chi connectivity index (χ3n) is 1.50. The Kier molecular flexibility index (Phi) is 3.41. The molecule has 4 nitrogen and oxygen atoms in total. The number of carbonyl (C=O) groups excluding carboxylic acids is 1. The molecule has 0 radical (unpaired) electrons. The zero-order valence-electron chi connectivity index (χ0n) is 7.15. The Hall–Kier alpha value is -1.41. The molecule has 0 aliphatic rings. The van der Waals surface area contributed by atoms with E-state index in [0.29, 0.717) is 11.4 Å². The molecule has 0 fully saturated rings. The lowest BCUT2D eigenvalue weighted by Crippen LogP contribution is -2.33. The number of hydrogen-bond acceptors (Lipinski definition) is 4. The van der Waals surface area contributed by atoms with Gasteiger partial charge in [-0.2, -0.15) is 5.26 Å². The SMILES string of the molecule is CCC(C#N)NC(=O)c1nccs1. The summed E-state index contributed by atoms with van der Waals surface area (Å²) in [5.74, 6) is -0.275. The Morgan fingerprint density at radius 1 is 1.92 bits per heavy atom. The summed E-state index contributed by atoms with van der Waals surface area (Å²) in [6.45, 7) is 1.84. The minimum Gasteiger partial charge on any atom is -0.334 e. The zero-order chi connectivity index (χ0) is 9.68. The molecule has 1 atom stereocenters. The summed E-state index contributed by atoms with van der Waals surface area (Å²) in [5, 5.41) is 13.3. The van der Waals surface area contributed by atoms with Crippen molar-refractivity contribution in [3.05, 3.63) is 16.6 Å². The summed E-state index contributed by atoms with van der Waals surface area (Å²) in [6.07, 6.45) is 2.17. The fourth-order valence-corrected chi connectivity index (χ4v) is 1.32. The van der Waals surface area contributed by atoms with Crippen molar-refractivity contribution in [3.8, 4) is 6.07 Å². The minimum absolute atomic E-state index is 0.275. The van der Waals surface area contributed by atoms with E-state index in [1.165, 1.54) is 11.3 Å². The van der Waals surface area contributed by atoms with E-state index in [1.54, 1.807) is 11.6 Å². The second kappa shape index (κ2) is 4.58. The van der Waals surface area contributed by atoms with Crippen LogP contribution in [-0.2, 0) is 0 Å². The van der Waals surface area contributed by atoms with E-state index < -0.39 is 6.04 Å². The van der Waals surface area contributed by atoms with Crippen LogP contribution in [0.25, 0.3) is 0 Å². The first-order valence-electron chi connectivity index (χ1n) is 3.88. The summed E-state index contributed by atoms with van der Waals surface area (Å²) < 4.78 is 0. The predicted molar refractivity (Wildman–Crippen MR) is 49.3 cm³/mol. The third kappa shape index (κ3) is 2.53. The molecule has 0 aromatic carbocycles. The molecule has 0 aliphatic heterocycles. The quantitative estimate of drug-likeness (QED) is 0.787. The molecule has 1 aromatic heterocycles. The average Bonchev–Trinajstić information content (AvgIpc) is 2.66. The van der Waals surface area contributed by atoms with Crippen LogP contribution < -0.4 is 5.32 Å². The molecule has 1 rings (SSSR count). The van der Waals surface area contributed by atoms with Crippen molar-refractivity contribution >= 4 is 17.2 Å². The van der Waals surface area contributed by atoms with E-state index in [4.69, 9.17) is 5.26 Å². The lowest BCUT2D eigenvalue weighted by atomic mass is 10.2. The van der Waals surface area contributed by atoms with Crippen LogP contribution in [0.15, 0.2) is 11.6 Å². The molecule has 1 heterocycles. The monoisotopic (exact) mass is 195 g/mol. The molecule has 68 valence electrons. The van der Waals surface area contributed by atoms with Crippen LogP contribution in [0, 0.1) is 11.3 Å². The molecule has 13 heavy (non-hydrogen) atoms. The summed E-state index contributed by atoms with van der Waals surface area (Å²) in [4.78, 5) is 15.2. The van der Waals surface area contributed by atoms with E-state index in [9.17, 15) is 4.79 Å². The van der Waals surface area contributed by atoms with Gasteiger partial charge in [-0.15, -0.1) is 11.3 Å². The topological polar surface area (TPSA) is 65.8 Å². The molecule has 0 aliphatic carbocycles. The van der Waals surface area contributed by atoms with E-state index in [0.717, 1.165) is 0 Å². The van der Waals surface area contributed by atoms with E-state index in [2.05, 4.69) is 10.3 Å². The van der Waals surface area contributed by atoms with Gasteiger partial charge in [0.25, 0.3) is 5.91 Å². The fraction of sp³-hybridized carbons (Fsp3) is 0.375. The van der Waals surface area contributed by atoms with Crippen molar-refractivity contribution in [1.29, 1.82) is 5.26 Å².